The zero-order valence-corrected chi connectivity index (χ0v) is 16.1. The van der Waals surface area contributed by atoms with E-state index in [1.165, 1.54) is 0 Å². The maximum Gasteiger partial charge on any atom is 0.237 e. The number of nitriles is 1. The standard InChI is InChI=1S/C21H26N4O3/c1-28-16-6-4-14(5-7-16)9-19(26)24-12-17-18(13-24)21(17)23-11-20(27)25-8-2-3-15(25)10-22/h4-7,15,17-18,21,23H,2-3,8-9,11-13H2,1H3/t15-,17?,18?,21?/m0/s1. The first-order valence-corrected chi connectivity index (χ1v) is 9.94. The molecular weight excluding hydrogens is 356 g/mol. The van der Waals surface area contributed by atoms with Crippen molar-refractivity contribution in [3.05, 3.63) is 29.8 Å². The second-order valence-corrected chi connectivity index (χ2v) is 7.93. The van der Waals surface area contributed by atoms with Crippen LogP contribution in [0.3, 0.4) is 0 Å². The lowest BCUT2D eigenvalue weighted by molar-refractivity contribution is -0.131. The quantitative estimate of drug-likeness (QED) is 0.787. The first-order valence-electron chi connectivity index (χ1n) is 9.94. The summed E-state index contributed by atoms with van der Waals surface area (Å²) in [7, 11) is 1.63. The van der Waals surface area contributed by atoms with Gasteiger partial charge in [-0.25, -0.2) is 0 Å². The van der Waals surface area contributed by atoms with E-state index in [-0.39, 0.29) is 24.4 Å². The summed E-state index contributed by atoms with van der Waals surface area (Å²) in [6.07, 6.45) is 2.09. The topological polar surface area (TPSA) is 85.7 Å². The first-order chi connectivity index (χ1) is 13.6. The van der Waals surface area contributed by atoms with Crippen LogP contribution in [0.4, 0.5) is 0 Å². The van der Waals surface area contributed by atoms with E-state index < -0.39 is 0 Å². The molecule has 3 atom stereocenters. The molecule has 3 fully saturated rings. The number of likely N-dealkylation sites (tertiary alicyclic amines) is 2. The molecule has 0 aromatic heterocycles. The van der Waals surface area contributed by atoms with E-state index >= 15 is 0 Å². The second kappa shape index (κ2) is 7.80. The summed E-state index contributed by atoms with van der Waals surface area (Å²) in [6.45, 7) is 2.49. The molecule has 2 unspecified atom stereocenters. The van der Waals surface area contributed by atoms with Crippen molar-refractivity contribution in [2.75, 3.05) is 33.3 Å². The van der Waals surface area contributed by atoms with Crippen molar-refractivity contribution in [3.8, 4) is 11.8 Å². The summed E-state index contributed by atoms with van der Waals surface area (Å²) in [5.41, 5.74) is 0.990. The lowest BCUT2D eigenvalue weighted by atomic mass is 10.1. The van der Waals surface area contributed by atoms with E-state index in [2.05, 4.69) is 11.4 Å². The minimum Gasteiger partial charge on any atom is -0.497 e. The fraction of sp³-hybridized carbons (Fsp3) is 0.571. The van der Waals surface area contributed by atoms with Gasteiger partial charge in [0.05, 0.1) is 26.1 Å². The Labute approximate surface area is 165 Å². The van der Waals surface area contributed by atoms with Gasteiger partial charge >= 0.3 is 0 Å². The number of hydrogen-bond acceptors (Lipinski definition) is 5. The predicted molar refractivity (Wildman–Crippen MR) is 102 cm³/mol. The molecule has 1 aromatic carbocycles. The molecule has 1 N–H and O–H groups in total. The van der Waals surface area contributed by atoms with Gasteiger partial charge < -0.3 is 19.9 Å². The van der Waals surface area contributed by atoms with Crippen molar-refractivity contribution in [1.82, 2.24) is 15.1 Å². The number of carbonyl (C=O) groups is 2. The van der Waals surface area contributed by atoms with Gasteiger partial charge in [-0.3, -0.25) is 9.59 Å². The number of fused-ring (bicyclic) bond motifs is 1. The Morgan fingerprint density at radius 3 is 2.57 bits per heavy atom. The van der Waals surface area contributed by atoms with Crippen LogP contribution in [0.2, 0.25) is 0 Å². The third-order valence-corrected chi connectivity index (χ3v) is 6.27. The number of benzene rings is 1. The summed E-state index contributed by atoms with van der Waals surface area (Å²) in [4.78, 5) is 28.5. The highest BCUT2D eigenvalue weighted by molar-refractivity contribution is 5.80. The van der Waals surface area contributed by atoms with Crippen molar-refractivity contribution in [3.63, 3.8) is 0 Å². The lowest BCUT2D eigenvalue weighted by Crippen LogP contribution is -2.43. The van der Waals surface area contributed by atoms with Crippen LogP contribution in [0.15, 0.2) is 24.3 Å². The maximum absolute atomic E-state index is 12.5. The normalized spacial score (nSPS) is 28.0. The Bertz CT molecular complexity index is 776. The van der Waals surface area contributed by atoms with Gasteiger partial charge in [-0.1, -0.05) is 12.1 Å². The van der Waals surface area contributed by atoms with Gasteiger partial charge in [0.25, 0.3) is 0 Å². The second-order valence-electron chi connectivity index (χ2n) is 7.93. The molecule has 2 amide bonds. The average Bonchev–Trinajstić information content (AvgIpc) is 3.10. The lowest BCUT2D eigenvalue weighted by Gasteiger charge is -2.22. The van der Waals surface area contributed by atoms with Crippen LogP contribution in [0.5, 0.6) is 5.75 Å². The molecule has 28 heavy (non-hydrogen) atoms. The fourth-order valence-corrected chi connectivity index (χ4v) is 4.57. The van der Waals surface area contributed by atoms with E-state index in [0.29, 0.717) is 30.8 Å². The number of rotatable bonds is 6. The predicted octanol–water partition coefficient (Wildman–Crippen LogP) is 0.799. The van der Waals surface area contributed by atoms with Gasteiger partial charge in [0.1, 0.15) is 11.8 Å². The highest BCUT2D eigenvalue weighted by Gasteiger charge is 2.56. The van der Waals surface area contributed by atoms with Gasteiger partial charge in [-0.05, 0) is 42.4 Å². The Hall–Kier alpha value is -2.59. The van der Waals surface area contributed by atoms with Crippen LogP contribution in [-0.2, 0) is 16.0 Å². The van der Waals surface area contributed by atoms with Gasteiger partial charge in [-0.2, -0.15) is 5.26 Å². The molecule has 7 nitrogen and oxygen atoms in total. The molecule has 2 saturated heterocycles. The molecule has 7 heteroatoms. The third kappa shape index (κ3) is 3.69. The third-order valence-electron chi connectivity index (χ3n) is 6.27. The van der Waals surface area contributed by atoms with Crippen LogP contribution in [0.25, 0.3) is 0 Å². The van der Waals surface area contributed by atoms with Crippen molar-refractivity contribution in [2.45, 2.75) is 31.3 Å². The molecule has 2 aliphatic heterocycles. The van der Waals surface area contributed by atoms with Crippen LogP contribution in [0.1, 0.15) is 18.4 Å². The van der Waals surface area contributed by atoms with E-state index in [4.69, 9.17) is 10.00 Å². The van der Waals surface area contributed by atoms with Gasteiger partial charge in [0.2, 0.25) is 11.8 Å². The number of nitrogens with zero attached hydrogens (tertiary/aromatic N) is 3. The summed E-state index contributed by atoms with van der Waals surface area (Å²) in [6, 6.07) is 9.86. The Balaban J connectivity index is 1.20. The molecule has 0 radical (unpaired) electrons. The van der Waals surface area contributed by atoms with Gasteiger partial charge in [0, 0.05) is 25.7 Å². The average molecular weight is 382 g/mol. The highest BCUT2D eigenvalue weighted by Crippen LogP contribution is 2.45. The molecule has 1 saturated carbocycles. The zero-order valence-electron chi connectivity index (χ0n) is 16.1. The van der Waals surface area contributed by atoms with Crippen molar-refractivity contribution in [1.29, 1.82) is 5.26 Å². The van der Waals surface area contributed by atoms with E-state index in [1.54, 1.807) is 12.0 Å². The molecule has 0 bridgehead atoms. The maximum atomic E-state index is 12.5. The SMILES string of the molecule is COc1ccc(CC(=O)N2CC3C(C2)C3NCC(=O)N2CCC[C@H]2C#N)cc1. The highest BCUT2D eigenvalue weighted by atomic mass is 16.5. The minimum atomic E-state index is -0.265. The van der Waals surface area contributed by atoms with E-state index in [1.807, 2.05) is 29.2 Å². The summed E-state index contributed by atoms with van der Waals surface area (Å²) < 4.78 is 5.14. The van der Waals surface area contributed by atoms with E-state index in [0.717, 1.165) is 37.2 Å². The summed E-state index contributed by atoms with van der Waals surface area (Å²) in [5.74, 6) is 1.84. The van der Waals surface area contributed by atoms with Crippen molar-refractivity contribution < 1.29 is 14.3 Å². The molecule has 0 spiro atoms. The number of methoxy groups -OCH3 is 1. The monoisotopic (exact) mass is 382 g/mol. The molecule has 2 heterocycles. The number of nitrogens with one attached hydrogen (secondary N) is 1. The number of amides is 2. The van der Waals surface area contributed by atoms with Crippen LogP contribution in [0, 0.1) is 23.2 Å². The summed E-state index contributed by atoms with van der Waals surface area (Å²) >= 11 is 0. The Kier molecular flexibility index (Phi) is 5.23. The molecule has 4 rings (SSSR count). The Morgan fingerprint density at radius 1 is 1.21 bits per heavy atom. The van der Waals surface area contributed by atoms with Crippen molar-refractivity contribution >= 4 is 11.8 Å². The molecule has 3 aliphatic rings. The van der Waals surface area contributed by atoms with Crippen LogP contribution in [-0.4, -0.2) is 67.0 Å². The largest absolute Gasteiger partial charge is 0.497 e. The van der Waals surface area contributed by atoms with Crippen LogP contribution < -0.4 is 10.1 Å². The van der Waals surface area contributed by atoms with Crippen molar-refractivity contribution in [2.24, 2.45) is 11.8 Å². The van der Waals surface area contributed by atoms with Gasteiger partial charge in [-0.15, -0.1) is 0 Å². The zero-order chi connectivity index (χ0) is 19.7. The number of piperidine rings is 1. The molecule has 1 aromatic rings. The fourth-order valence-electron chi connectivity index (χ4n) is 4.57. The number of carbonyl (C=O) groups excluding carboxylic acids is 2. The molecular formula is C21H26N4O3. The smallest absolute Gasteiger partial charge is 0.237 e. The molecule has 148 valence electrons. The molecule has 1 aliphatic carbocycles. The minimum absolute atomic E-state index is 0.0152. The number of ether oxygens (including phenoxy) is 1. The van der Waals surface area contributed by atoms with Gasteiger partial charge in [0.15, 0.2) is 0 Å². The van der Waals surface area contributed by atoms with E-state index in [9.17, 15) is 9.59 Å². The van der Waals surface area contributed by atoms with Crippen LogP contribution >= 0.6 is 0 Å². The first kappa shape index (κ1) is 18.8. The Morgan fingerprint density at radius 2 is 1.93 bits per heavy atom. The number of hydrogen-bond donors (Lipinski definition) is 1. The summed E-state index contributed by atoms with van der Waals surface area (Å²) in [5, 5.41) is 12.5.